The van der Waals surface area contributed by atoms with Crippen LogP contribution in [0.5, 0.6) is 0 Å². The van der Waals surface area contributed by atoms with Crippen molar-refractivity contribution in [1.29, 1.82) is 0 Å². The lowest BCUT2D eigenvalue weighted by atomic mass is 10.0. The number of fused-ring (bicyclic) bond motifs is 1. The molecule has 2 aromatic rings. The fourth-order valence-electron chi connectivity index (χ4n) is 2.70. The summed E-state index contributed by atoms with van der Waals surface area (Å²) in [6.07, 6.45) is 0.825. The van der Waals surface area contributed by atoms with E-state index in [0.717, 1.165) is 23.0 Å². The molecule has 0 spiro atoms. The maximum atomic E-state index is 12.3. The van der Waals surface area contributed by atoms with Crippen LogP contribution < -0.4 is 0 Å². The number of aromatic nitrogens is 1. The normalized spacial score (nSPS) is 10.9. The summed E-state index contributed by atoms with van der Waals surface area (Å²) in [5.41, 5.74) is 3.84. The Bertz CT molecular complexity index is 683. The standard InChI is InChI=1S/C16H19NO3/c1-4-11-6-5-7-12-15(10(2)17(3)16(11)12)13(18)8-9-14(19)20/h5-7H,4,8-9H2,1-3H3,(H,19,20). The number of nitrogens with zero attached hydrogens (tertiary/aromatic N) is 1. The summed E-state index contributed by atoms with van der Waals surface area (Å²) in [6.45, 7) is 4.00. The van der Waals surface area contributed by atoms with Crippen molar-refractivity contribution < 1.29 is 14.7 Å². The molecule has 106 valence electrons. The second-order valence-electron chi connectivity index (χ2n) is 5.00. The maximum absolute atomic E-state index is 12.3. The van der Waals surface area contributed by atoms with Crippen molar-refractivity contribution in [2.75, 3.05) is 0 Å². The average Bonchev–Trinajstić information content (AvgIpc) is 2.68. The van der Waals surface area contributed by atoms with E-state index in [4.69, 9.17) is 5.11 Å². The van der Waals surface area contributed by atoms with Gasteiger partial charge in [0.2, 0.25) is 0 Å². The van der Waals surface area contributed by atoms with Crippen molar-refractivity contribution >= 4 is 22.7 Å². The molecule has 1 heterocycles. The Hall–Kier alpha value is -2.10. The van der Waals surface area contributed by atoms with Gasteiger partial charge in [0.15, 0.2) is 5.78 Å². The Morgan fingerprint density at radius 2 is 1.95 bits per heavy atom. The molecule has 0 radical (unpaired) electrons. The summed E-state index contributed by atoms with van der Waals surface area (Å²) in [6, 6.07) is 5.96. The molecule has 0 fully saturated rings. The van der Waals surface area contributed by atoms with Gasteiger partial charge in [-0.2, -0.15) is 0 Å². The van der Waals surface area contributed by atoms with Crippen LogP contribution in [0.4, 0.5) is 0 Å². The van der Waals surface area contributed by atoms with Crippen molar-refractivity contribution in [2.45, 2.75) is 33.1 Å². The molecule has 1 aromatic heterocycles. The second kappa shape index (κ2) is 5.49. The number of aryl methyl sites for hydroxylation is 2. The number of carbonyl (C=O) groups excluding carboxylic acids is 1. The van der Waals surface area contributed by atoms with E-state index in [0.29, 0.717) is 5.56 Å². The largest absolute Gasteiger partial charge is 0.481 e. The maximum Gasteiger partial charge on any atom is 0.303 e. The number of Topliss-reactive ketones (excluding diaryl/α,β-unsaturated/α-hetero) is 1. The molecule has 2 rings (SSSR count). The van der Waals surface area contributed by atoms with Gasteiger partial charge in [0, 0.05) is 30.1 Å². The number of carbonyl (C=O) groups is 2. The van der Waals surface area contributed by atoms with Gasteiger partial charge in [-0.1, -0.05) is 25.1 Å². The lowest BCUT2D eigenvalue weighted by Gasteiger charge is -2.03. The summed E-state index contributed by atoms with van der Waals surface area (Å²) in [5.74, 6) is -1.03. The van der Waals surface area contributed by atoms with Gasteiger partial charge in [0.05, 0.1) is 11.9 Å². The van der Waals surface area contributed by atoms with Crippen molar-refractivity contribution in [2.24, 2.45) is 7.05 Å². The molecular formula is C16H19NO3. The van der Waals surface area contributed by atoms with E-state index in [9.17, 15) is 9.59 Å². The predicted octanol–water partition coefficient (Wildman–Crippen LogP) is 3.10. The van der Waals surface area contributed by atoms with E-state index in [-0.39, 0.29) is 18.6 Å². The molecule has 0 saturated heterocycles. The van der Waals surface area contributed by atoms with Crippen LogP contribution in [0, 0.1) is 6.92 Å². The number of rotatable bonds is 5. The lowest BCUT2D eigenvalue weighted by Crippen LogP contribution is -2.05. The van der Waals surface area contributed by atoms with Gasteiger partial charge in [-0.15, -0.1) is 0 Å². The quantitative estimate of drug-likeness (QED) is 0.852. The lowest BCUT2D eigenvalue weighted by molar-refractivity contribution is -0.136. The first-order valence-corrected chi connectivity index (χ1v) is 6.79. The van der Waals surface area contributed by atoms with Crippen molar-refractivity contribution in [3.63, 3.8) is 0 Å². The van der Waals surface area contributed by atoms with Crippen LogP contribution >= 0.6 is 0 Å². The molecule has 0 amide bonds. The molecule has 0 atom stereocenters. The van der Waals surface area contributed by atoms with Crippen LogP contribution in [-0.4, -0.2) is 21.4 Å². The highest BCUT2D eigenvalue weighted by Crippen LogP contribution is 2.29. The zero-order chi connectivity index (χ0) is 14.9. The Labute approximate surface area is 118 Å². The second-order valence-corrected chi connectivity index (χ2v) is 5.00. The third-order valence-corrected chi connectivity index (χ3v) is 3.81. The van der Waals surface area contributed by atoms with Crippen LogP contribution in [0.15, 0.2) is 18.2 Å². The van der Waals surface area contributed by atoms with Crippen molar-refractivity contribution in [1.82, 2.24) is 4.57 Å². The molecule has 0 saturated carbocycles. The molecule has 0 bridgehead atoms. The van der Waals surface area contributed by atoms with Gasteiger partial charge in [-0.05, 0) is 18.9 Å². The van der Waals surface area contributed by atoms with E-state index in [1.54, 1.807) is 0 Å². The molecule has 0 aliphatic carbocycles. The summed E-state index contributed by atoms with van der Waals surface area (Å²) in [7, 11) is 1.95. The third-order valence-electron chi connectivity index (χ3n) is 3.81. The number of aliphatic carboxylic acids is 1. The third kappa shape index (κ3) is 2.33. The minimum Gasteiger partial charge on any atom is -0.481 e. The minimum absolute atomic E-state index is 0.0473. The van der Waals surface area contributed by atoms with E-state index in [1.807, 2.05) is 30.7 Å². The molecule has 0 aliphatic heterocycles. The average molecular weight is 273 g/mol. The molecule has 0 aliphatic rings. The molecule has 4 heteroatoms. The highest BCUT2D eigenvalue weighted by atomic mass is 16.4. The number of carboxylic acid groups (broad SMARTS) is 1. The molecule has 4 nitrogen and oxygen atoms in total. The van der Waals surface area contributed by atoms with Crippen molar-refractivity contribution in [3.8, 4) is 0 Å². The van der Waals surface area contributed by atoms with E-state index in [1.165, 1.54) is 5.56 Å². The van der Waals surface area contributed by atoms with Crippen LogP contribution in [0.25, 0.3) is 10.9 Å². The summed E-state index contributed by atoms with van der Waals surface area (Å²) in [4.78, 5) is 23.0. The number of hydrogen-bond donors (Lipinski definition) is 1. The van der Waals surface area contributed by atoms with Gasteiger partial charge < -0.3 is 9.67 Å². The van der Waals surface area contributed by atoms with Crippen LogP contribution in [0.1, 0.15) is 41.4 Å². The topological polar surface area (TPSA) is 59.3 Å². The van der Waals surface area contributed by atoms with Gasteiger partial charge in [-0.3, -0.25) is 9.59 Å². The first-order chi connectivity index (χ1) is 9.47. The van der Waals surface area contributed by atoms with Crippen molar-refractivity contribution in [3.05, 3.63) is 35.0 Å². The molecule has 20 heavy (non-hydrogen) atoms. The van der Waals surface area contributed by atoms with E-state index < -0.39 is 5.97 Å². The van der Waals surface area contributed by atoms with Crippen LogP contribution in [0.2, 0.25) is 0 Å². The van der Waals surface area contributed by atoms with Crippen LogP contribution in [-0.2, 0) is 18.3 Å². The highest BCUT2D eigenvalue weighted by Gasteiger charge is 2.20. The first-order valence-electron chi connectivity index (χ1n) is 6.79. The van der Waals surface area contributed by atoms with E-state index >= 15 is 0 Å². The predicted molar refractivity (Wildman–Crippen MR) is 78.2 cm³/mol. The fourth-order valence-corrected chi connectivity index (χ4v) is 2.70. The Kier molecular flexibility index (Phi) is 3.93. The zero-order valence-corrected chi connectivity index (χ0v) is 12.1. The molecule has 1 aromatic carbocycles. The highest BCUT2D eigenvalue weighted by molar-refractivity contribution is 6.10. The van der Waals surface area contributed by atoms with Gasteiger partial charge in [0.1, 0.15) is 0 Å². The monoisotopic (exact) mass is 273 g/mol. The smallest absolute Gasteiger partial charge is 0.303 e. The summed E-state index contributed by atoms with van der Waals surface area (Å²) >= 11 is 0. The Morgan fingerprint density at radius 3 is 2.55 bits per heavy atom. The zero-order valence-electron chi connectivity index (χ0n) is 12.1. The number of ketones is 1. The van der Waals surface area contributed by atoms with E-state index in [2.05, 4.69) is 13.0 Å². The molecule has 1 N–H and O–H groups in total. The number of para-hydroxylation sites is 1. The Morgan fingerprint density at radius 1 is 1.25 bits per heavy atom. The minimum atomic E-state index is -0.939. The number of carboxylic acids is 1. The van der Waals surface area contributed by atoms with Crippen LogP contribution in [0.3, 0.4) is 0 Å². The summed E-state index contributed by atoms with van der Waals surface area (Å²) < 4.78 is 2.03. The van der Waals surface area contributed by atoms with Gasteiger partial charge in [0.25, 0.3) is 0 Å². The summed E-state index contributed by atoms with van der Waals surface area (Å²) in [5, 5.41) is 9.65. The molecule has 0 unspecified atom stereocenters. The molecular weight excluding hydrogens is 254 g/mol. The number of benzene rings is 1. The van der Waals surface area contributed by atoms with Gasteiger partial charge in [-0.25, -0.2) is 0 Å². The number of hydrogen-bond acceptors (Lipinski definition) is 2. The first kappa shape index (κ1) is 14.3. The SMILES string of the molecule is CCc1cccc2c(C(=O)CCC(=O)O)c(C)n(C)c12. The Balaban J connectivity index is 2.56. The fraction of sp³-hybridized carbons (Fsp3) is 0.375. The van der Waals surface area contributed by atoms with Gasteiger partial charge >= 0.3 is 5.97 Å².